The molecule has 0 saturated carbocycles. The highest BCUT2D eigenvalue weighted by Crippen LogP contribution is 2.33. The van der Waals surface area contributed by atoms with Gasteiger partial charge in [-0.3, -0.25) is 0 Å². The number of benzene rings is 1. The summed E-state index contributed by atoms with van der Waals surface area (Å²) in [5, 5.41) is 4.10. The molecular weight excluding hydrogens is 262 g/mol. The van der Waals surface area contributed by atoms with E-state index in [1.54, 1.807) is 11.3 Å². The number of fused-ring (bicyclic) bond motifs is 1. The Labute approximate surface area is 115 Å². The molecule has 1 aliphatic heterocycles. The lowest BCUT2D eigenvalue weighted by Crippen LogP contribution is -2.15. The predicted octanol–water partition coefficient (Wildman–Crippen LogP) is 2.69. The van der Waals surface area contributed by atoms with Gasteiger partial charge in [-0.2, -0.15) is 11.3 Å². The minimum absolute atomic E-state index is 0.0586. The van der Waals surface area contributed by atoms with Gasteiger partial charge in [0, 0.05) is 6.54 Å². The lowest BCUT2D eigenvalue weighted by molar-refractivity contribution is 0.0458. The van der Waals surface area contributed by atoms with Crippen LogP contribution < -0.4 is 15.2 Å². The molecule has 19 heavy (non-hydrogen) atoms. The fourth-order valence-electron chi connectivity index (χ4n) is 1.99. The Morgan fingerprint density at radius 1 is 1.26 bits per heavy atom. The Kier molecular flexibility index (Phi) is 3.68. The van der Waals surface area contributed by atoms with E-state index in [0.717, 1.165) is 22.6 Å². The summed E-state index contributed by atoms with van der Waals surface area (Å²) in [4.78, 5) is 0. The summed E-state index contributed by atoms with van der Waals surface area (Å²) in [6.07, 6.45) is -0.0586. The molecule has 3 rings (SSSR count). The lowest BCUT2D eigenvalue weighted by Gasteiger charge is -2.15. The highest BCUT2D eigenvalue weighted by Gasteiger charge is 2.15. The number of nitrogens with two attached hydrogens (primary N) is 1. The van der Waals surface area contributed by atoms with Gasteiger partial charge >= 0.3 is 0 Å². The fraction of sp³-hybridized carbons (Fsp3) is 0.286. The van der Waals surface area contributed by atoms with E-state index in [9.17, 15) is 0 Å². The maximum Gasteiger partial charge on any atom is 0.231 e. The number of ether oxygens (including phenoxy) is 3. The molecule has 100 valence electrons. The van der Waals surface area contributed by atoms with Gasteiger partial charge in [-0.15, -0.1) is 0 Å². The molecule has 0 saturated heterocycles. The summed E-state index contributed by atoms with van der Waals surface area (Å²) in [7, 11) is 0. The zero-order valence-corrected chi connectivity index (χ0v) is 11.2. The second-order valence-corrected chi connectivity index (χ2v) is 5.06. The van der Waals surface area contributed by atoms with Crippen molar-refractivity contribution in [2.45, 2.75) is 12.7 Å². The molecule has 0 spiro atoms. The zero-order chi connectivity index (χ0) is 13.1. The molecule has 0 fully saturated rings. The van der Waals surface area contributed by atoms with E-state index in [0.29, 0.717) is 19.9 Å². The normalized spacial score (nSPS) is 14.6. The maximum absolute atomic E-state index is 5.87. The van der Waals surface area contributed by atoms with Crippen LogP contribution in [0.15, 0.2) is 35.0 Å². The summed E-state index contributed by atoms with van der Waals surface area (Å²) >= 11 is 1.65. The Hall–Kier alpha value is -1.56. The molecule has 4 nitrogen and oxygen atoms in total. The van der Waals surface area contributed by atoms with Crippen molar-refractivity contribution in [3.8, 4) is 11.5 Å². The van der Waals surface area contributed by atoms with Crippen LogP contribution in [0.5, 0.6) is 11.5 Å². The summed E-state index contributed by atoms with van der Waals surface area (Å²) in [6.45, 7) is 1.27. The molecule has 2 aromatic rings. The van der Waals surface area contributed by atoms with Crippen LogP contribution in [-0.2, 0) is 11.3 Å². The summed E-state index contributed by atoms with van der Waals surface area (Å²) in [5.41, 5.74) is 7.94. The molecule has 2 heterocycles. The summed E-state index contributed by atoms with van der Waals surface area (Å²) in [5.74, 6) is 1.57. The standard InChI is InChI=1S/C14H15NO3S/c15-6-14(11-3-4-19-8-11)16-7-10-1-2-12-13(5-10)18-9-17-12/h1-5,8,14H,6-7,9,15H2. The predicted molar refractivity (Wildman–Crippen MR) is 73.5 cm³/mol. The first kappa shape index (κ1) is 12.5. The Morgan fingerprint density at radius 2 is 2.16 bits per heavy atom. The lowest BCUT2D eigenvalue weighted by atomic mass is 10.2. The first-order valence-corrected chi connectivity index (χ1v) is 7.03. The third-order valence-electron chi connectivity index (χ3n) is 3.02. The minimum Gasteiger partial charge on any atom is -0.454 e. The van der Waals surface area contributed by atoms with Gasteiger partial charge in [0.2, 0.25) is 6.79 Å². The van der Waals surface area contributed by atoms with Crippen LogP contribution in [0.2, 0.25) is 0 Å². The van der Waals surface area contributed by atoms with Crippen LogP contribution in [-0.4, -0.2) is 13.3 Å². The molecule has 1 aromatic heterocycles. The van der Waals surface area contributed by atoms with Crippen molar-refractivity contribution in [3.63, 3.8) is 0 Å². The zero-order valence-electron chi connectivity index (χ0n) is 10.4. The molecule has 2 N–H and O–H groups in total. The van der Waals surface area contributed by atoms with Gasteiger partial charge in [-0.25, -0.2) is 0 Å². The molecule has 0 aliphatic carbocycles. The van der Waals surface area contributed by atoms with Gasteiger partial charge < -0.3 is 19.9 Å². The van der Waals surface area contributed by atoms with E-state index >= 15 is 0 Å². The van der Waals surface area contributed by atoms with Crippen LogP contribution in [0.3, 0.4) is 0 Å². The highest BCUT2D eigenvalue weighted by molar-refractivity contribution is 7.07. The van der Waals surface area contributed by atoms with Crippen LogP contribution in [0.25, 0.3) is 0 Å². The summed E-state index contributed by atoms with van der Waals surface area (Å²) in [6, 6.07) is 7.88. The molecule has 0 amide bonds. The van der Waals surface area contributed by atoms with E-state index in [2.05, 4.69) is 5.38 Å². The van der Waals surface area contributed by atoms with Crippen molar-refractivity contribution < 1.29 is 14.2 Å². The minimum atomic E-state index is -0.0586. The molecule has 0 bridgehead atoms. The fourth-order valence-corrected chi connectivity index (χ4v) is 2.69. The van der Waals surface area contributed by atoms with Crippen molar-refractivity contribution in [2.24, 2.45) is 5.73 Å². The number of thiophene rings is 1. The molecular formula is C14H15NO3S. The largest absolute Gasteiger partial charge is 0.454 e. The average Bonchev–Trinajstić information content (AvgIpc) is 3.10. The molecule has 1 aromatic carbocycles. The average molecular weight is 277 g/mol. The molecule has 1 atom stereocenters. The molecule has 0 radical (unpaired) electrons. The van der Waals surface area contributed by atoms with Gasteiger partial charge in [0.05, 0.1) is 12.7 Å². The van der Waals surface area contributed by atoms with E-state index < -0.39 is 0 Å². The third-order valence-corrected chi connectivity index (χ3v) is 3.72. The molecule has 1 unspecified atom stereocenters. The Balaban J connectivity index is 1.65. The third kappa shape index (κ3) is 2.73. The second-order valence-electron chi connectivity index (χ2n) is 4.28. The number of hydrogen-bond donors (Lipinski definition) is 1. The quantitative estimate of drug-likeness (QED) is 0.913. The SMILES string of the molecule is NCC(OCc1ccc2c(c1)OCO2)c1ccsc1. The topological polar surface area (TPSA) is 53.7 Å². The summed E-state index contributed by atoms with van der Waals surface area (Å²) < 4.78 is 16.5. The second kappa shape index (κ2) is 5.61. The number of hydrogen-bond acceptors (Lipinski definition) is 5. The van der Waals surface area contributed by atoms with Crippen molar-refractivity contribution in [3.05, 3.63) is 46.2 Å². The van der Waals surface area contributed by atoms with Gasteiger partial charge in [0.1, 0.15) is 0 Å². The van der Waals surface area contributed by atoms with Crippen LogP contribution in [0.1, 0.15) is 17.2 Å². The molecule has 1 aliphatic rings. The van der Waals surface area contributed by atoms with Gasteiger partial charge in [0.15, 0.2) is 11.5 Å². The van der Waals surface area contributed by atoms with Gasteiger partial charge in [-0.05, 0) is 40.1 Å². The molecule has 5 heteroatoms. The van der Waals surface area contributed by atoms with Crippen molar-refractivity contribution in [1.29, 1.82) is 0 Å². The van der Waals surface area contributed by atoms with Crippen molar-refractivity contribution in [2.75, 3.05) is 13.3 Å². The highest BCUT2D eigenvalue weighted by atomic mass is 32.1. The van der Waals surface area contributed by atoms with Crippen LogP contribution in [0, 0.1) is 0 Å². The Morgan fingerprint density at radius 3 is 2.95 bits per heavy atom. The van der Waals surface area contributed by atoms with Gasteiger partial charge in [0.25, 0.3) is 0 Å². The van der Waals surface area contributed by atoms with E-state index in [1.165, 1.54) is 0 Å². The Bertz CT molecular complexity index is 542. The van der Waals surface area contributed by atoms with Crippen molar-refractivity contribution >= 4 is 11.3 Å². The van der Waals surface area contributed by atoms with E-state index in [4.69, 9.17) is 19.9 Å². The maximum atomic E-state index is 5.87. The van der Waals surface area contributed by atoms with Crippen LogP contribution in [0.4, 0.5) is 0 Å². The number of rotatable bonds is 5. The van der Waals surface area contributed by atoms with Gasteiger partial charge in [-0.1, -0.05) is 6.07 Å². The first-order chi connectivity index (χ1) is 9.36. The van der Waals surface area contributed by atoms with E-state index in [-0.39, 0.29) is 6.10 Å². The van der Waals surface area contributed by atoms with Crippen LogP contribution >= 0.6 is 11.3 Å². The van der Waals surface area contributed by atoms with Crippen molar-refractivity contribution in [1.82, 2.24) is 0 Å². The first-order valence-electron chi connectivity index (χ1n) is 6.09. The smallest absolute Gasteiger partial charge is 0.231 e. The van der Waals surface area contributed by atoms with E-state index in [1.807, 2.05) is 29.6 Å². The monoisotopic (exact) mass is 277 g/mol.